The Labute approximate surface area is 206 Å². The van der Waals surface area contributed by atoms with E-state index in [-0.39, 0.29) is 17.8 Å². The molecule has 1 aliphatic rings. The van der Waals surface area contributed by atoms with Crippen LogP contribution in [0.15, 0.2) is 18.2 Å². The van der Waals surface area contributed by atoms with Crippen LogP contribution in [-0.4, -0.2) is 59.3 Å². The number of H-pyrrole nitrogens is 1. The Morgan fingerprint density at radius 1 is 1.32 bits per heavy atom. The Hall–Kier alpha value is -2.32. The Balaban J connectivity index is 0.00000199. The summed E-state index contributed by atoms with van der Waals surface area (Å²) in [5.41, 5.74) is 0.789. The van der Waals surface area contributed by atoms with E-state index in [0.717, 1.165) is 23.8 Å². The minimum atomic E-state index is -0.886. The van der Waals surface area contributed by atoms with Crippen molar-refractivity contribution in [3.63, 3.8) is 0 Å². The molecule has 1 fully saturated rings. The van der Waals surface area contributed by atoms with Crippen LogP contribution in [0.1, 0.15) is 59.9 Å². The van der Waals surface area contributed by atoms with Crippen molar-refractivity contribution in [2.75, 3.05) is 13.7 Å². The largest absolute Gasteiger partial charge is 0.444 e. The molecule has 1 aromatic heterocycles. The lowest BCUT2D eigenvalue weighted by Gasteiger charge is -2.32. The second-order valence-corrected chi connectivity index (χ2v) is 9.58. The van der Waals surface area contributed by atoms with Gasteiger partial charge in [-0.2, -0.15) is 0 Å². The van der Waals surface area contributed by atoms with Crippen molar-refractivity contribution in [2.24, 2.45) is 0 Å². The molecule has 0 bridgehead atoms. The molecule has 2 amide bonds. The maximum absolute atomic E-state index is 13.6. The molecule has 7 nitrogen and oxygen atoms in total. The van der Waals surface area contributed by atoms with Crippen molar-refractivity contribution < 1.29 is 23.5 Å². The first-order valence-corrected chi connectivity index (χ1v) is 12.2. The van der Waals surface area contributed by atoms with Gasteiger partial charge >= 0.3 is 6.09 Å². The number of hydrogen-bond acceptors (Lipinski definition) is 4. The van der Waals surface area contributed by atoms with E-state index in [1.54, 1.807) is 38.7 Å². The number of halogens is 2. The third-order valence-corrected chi connectivity index (χ3v) is 6.02. The average Bonchev–Trinajstić information content (AvgIpc) is 3.35. The number of likely N-dealkylation sites (tertiary alicyclic amines) is 1. The minimum absolute atomic E-state index is 0.101. The molecule has 3 atom stereocenters. The van der Waals surface area contributed by atoms with Gasteiger partial charge in [-0.25, -0.2) is 9.18 Å². The molecule has 0 saturated carbocycles. The molecule has 0 spiro atoms. The van der Waals surface area contributed by atoms with Gasteiger partial charge in [-0.3, -0.25) is 4.79 Å². The SMILES string of the molecule is CC.COC(C)C(NC(=O)OC(C)(C)C)C(=O)N1CCCC1Cc1c(Cl)[nH]c2cc(F)ccc12. The van der Waals surface area contributed by atoms with Crippen LogP contribution in [0.3, 0.4) is 0 Å². The number of methoxy groups -OCH3 is 1. The van der Waals surface area contributed by atoms with Crippen LogP contribution < -0.4 is 5.32 Å². The number of carbonyl (C=O) groups is 2. The van der Waals surface area contributed by atoms with Gasteiger partial charge in [0.2, 0.25) is 5.91 Å². The van der Waals surface area contributed by atoms with E-state index in [9.17, 15) is 14.0 Å². The highest BCUT2D eigenvalue weighted by molar-refractivity contribution is 6.31. The summed E-state index contributed by atoms with van der Waals surface area (Å²) < 4.78 is 24.3. The van der Waals surface area contributed by atoms with Crippen molar-refractivity contribution in [1.29, 1.82) is 0 Å². The molecule has 3 unspecified atom stereocenters. The van der Waals surface area contributed by atoms with Gasteiger partial charge in [0.15, 0.2) is 0 Å². The van der Waals surface area contributed by atoms with E-state index < -0.39 is 23.8 Å². The number of alkyl carbamates (subject to hydrolysis) is 1. The van der Waals surface area contributed by atoms with Crippen molar-refractivity contribution in [3.8, 4) is 0 Å². The highest BCUT2D eigenvalue weighted by Gasteiger charge is 2.38. The molecule has 1 aromatic carbocycles. The monoisotopic (exact) mass is 497 g/mol. The normalized spacial score (nSPS) is 17.7. The summed E-state index contributed by atoms with van der Waals surface area (Å²) in [6.45, 7) is 11.6. The summed E-state index contributed by atoms with van der Waals surface area (Å²) in [6.07, 6.45) is 0.951. The molecular formula is C25H37ClFN3O4. The fourth-order valence-electron chi connectivity index (χ4n) is 4.10. The smallest absolute Gasteiger partial charge is 0.408 e. The number of nitrogens with zero attached hydrogens (tertiary/aromatic N) is 1. The molecule has 2 N–H and O–H groups in total. The van der Waals surface area contributed by atoms with Crippen LogP contribution in [-0.2, 0) is 20.7 Å². The zero-order valence-corrected chi connectivity index (χ0v) is 21.9. The molecule has 0 aliphatic carbocycles. The quantitative estimate of drug-likeness (QED) is 0.556. The first-order valence-electron chi connectivity index (χ1n) is 11.8. The van der Waals surface area contributed by atoms with Crippen LogP contribution >= 0.6 is 11.6 Å². The number of ether oxygens (including phenoxy) is 2. The molecule has 3 rings (SSSR count). The number of aromatic amines is 1. The number of carbonyl (C=O) groups excluding carboxylic acids is 2. The molecular weight excluding hydrogens is 461 g/mol. The molecule has 34 heavy (non-hydrogen) atoms. The third-order valence-electron chi connectivity index (χ3n) is 5.70. The highest BCUT2D eigenvalue weighted by atomic mass is 35.5. The first-order chi connectivity index (χ1) is 16.0. The first kappa shape index (κ1) is 27.9. The molecule has 1 aliphatic heterocycles. The maximum Gasteiger partial charge on any atom is 0.408 e. The molecule has 0 radical (unpaired) electrons. The van der Waals surface area contributed by atoms with Crippen LogP contribution in [0.25, 0.3) is 10.9 Å². The number of aromatic nitrogens is 1. The fourth-order valence-corrected chi connectivity index (χ4v) is 4.38. The average molecular weight is 498 g/mol. The summed E-state index contributed by atoms with van der Waals surface area (Å²) in [7, 11) is 1.49. The molecule has 9 heteroatoms. The molecule has 190 valence electrons. The number of hydrogen-bond donors (Lipinski definition) is 2. The molecule has 2 aromatic rings. The van der Waals surface area contributed by atoms with Crippen molar-refractivity contribution >= 4 is 34.5 Å². The standard InChI is InChI=1S/C23H31ClFN3O4.C2H6/c1-13(31-5)19(27-22(30)32-23(2,3)4)21(29)28-10-6-7-15(28)12-17-16-9-8-14(25)11-18(16)26-20(17)24;1-2/h8-9,11,13,15,19,26H,6-7,10,12H2,1-5H3,(H,27,30);1-2H3. The summed E-state index contributed by atoms with van der Waals surface area (Å²) >= 11 is 6.42. The van der Waals surface area contributed by atoms with Crippen LogP contribution in [0.5, 0.6) is 0 Å². The summed E-state index contributed by atoms with van der Waals surface area (Å²) in [6, 6.07) is 3.51. The zero-order chi connectivity index (χ0) is 25.6. The Kier molecular flexibility index (Phi) is 9.76. The number of benzene rings is 1. The van der Waals surface area contributed by atoms with Crippen molar-refractivity contribution in [3.05, 3.63) is 34.7 Å². The van der Waals surface area contributed by atoms with E-state index in [1.807, 2.05) is 13.8 Å². The van der Waals surface area contributed by atoms with Crippen LogP contribution in [0.4, 0.5) is 9.18 Å². The van der Waals surface area contributed by atoms with Gasteiger partial charge in [-0.15, -0.1) is 0 Å². The zero-order valence-electron chi connectivity index (χ0n) is 21.1. The van der Waals surface area contributed by atoms with Gasteiger partial charge < -0.3 is 24.7 Å². The van der Waals surface area contributed by atoms with Crippen LogP contribution in [0.2, 0.25) is 5.15 Å². The fraction of sp³-hybridized carbons (Fsp3) is 0.600. The lowest BCUT2D eigenvalue weighted by Crippen LogP contribution is -2.56. The Morgan fingerprint density at radius 2 is 2.00 bits per heavy atom. The Morgan fingerprint density at radius 3 is 2.62 bits per heavy atom. The van der Waals surface area contributed by atoms with E-state index in [2.05, 4.69) is 10.3 Å². The van der Waals surface area contributed by atoms with Gasteiger partial charge in [0.1, 0.15) is 22.6 Å². The lowest BCUT2D eigenvalue weighted by molar-refractivity contribution is -0.137. The second-order valence-electron chi connectivity index (χ2n) is 9.20. The van der Waals surface area contributed by atoms with Crippen molar-refractivity contribution in [1.82, 2.24) is 15.2 Å². The predicted molar refractivity (Wildman–Crippen MR) is 133 cm³/mol. The minimum Gasteiger partial charge on any atom is -0.444 e. The summed E-state index contributed by atoms with van der Waals surface area (Å²) in [5, 5.41) is 3.96. The summed E-state index contributed by atoms with van der Waals surface area (Å²) in [5.74, 6) is -0.570. The molecule has 1 saturated heterocycles. The van der Waals surface area contributed by atoms with Gasteiger partial charge in [0.25, 0.3) is 0 Å². The van der Waals surface area contributed by atoms with E-state index in [0.29, 0.717) is 23.6 Å². The number of fused-ring (bicyclic) bond motifs is 1. The second kappa shape index (κ2) is 11.9. The van der Waals surface area contributed by atoms with Gasteiger partial charge in [0, 0.05) is 30.6 Å². The molecule has 2 heterocycles. The van der Waals surface area contributed by atoms with E-state index >= 15 is 0 Å². The number of amides is 2. The maximum atomic E-state index is 13.6. The lowest BCUT2D eigenvalue weighted by atomic mass is 10.0. The number of rotatable bonds is 6. The van der Waals surface area contributed by atoms with E-state index in [1.165, 1.54) is 19.2 Å². The van der Waals surface area contributed by atoms with Gasteiger partial charge in [0.05, 0.1) is 6.10 Å². The van der Waals surface area contributed by atoms with E-state index in [4.69, 9.17) is 21.1 Å². The predicted octanol–water partition coefficient (Wildman–Crippen LogP) is 5.45. The highest BCUT2D eigenvalue weighted by Crippen LogP contribution is 2.31. The van der Waals surface area contributed by atoms with Crippen molar-refractivity contribution in [2.45, 2.75) is 84.6 Å². The third kappa shape index (κ3) is 6.85. The van der Waals surface area contributed by atoms with Gasteiger partial charge in [-0.1, -0.05) is 25.4 Å². The topological polar surface area (TPSA) is 83.7 Å². The van der Waals surface area contributed by atoms with Gasteiger partial charge in [-0.05, 0) is 70.7 Å². The van der Waals surface area contributed by atoms with Crippen LogP contribution in [0, 0.1) is 5.82 Å². The summed E-state index contributed by atoms with van der Waals surface area (Å²) in [4.78, 5) is 30.6. The Bertz CT molecular complexity index is 988. The number of nitrogens with one attached hydrogen (secondary N) is 2.